The molecule has 0 spiro atoms. The first-order valence-electron chi connectivity index (χ1n) is 15.8. The Morgan fingerprint density at radius 2 is 1.35 bits per heavy atom. The van der Waals surface area contributed by atoms with Gasteiger partial charge < -0.3 is 23.8 Å². The normalized spacial score (nSPS) is 23.1. The van der Waals surface area contributed by atoms with E-state index in [9.17, 15) is 14.4 Å². The van der Waals surface area contributed by atoms with Crippen LogP contribution in [0, 0.1) is 11.8 Å². The summed E-state index contributed by atoms with van der Waals surface area (Å²) in [5.74, 6) is -1.14. The van der Waals surface area contributed by atoms with Gasteiger partial charge >= 0.3 is 17.9 Å². The fourth-order valence-corrected chi connectivity index (χ4v) is 7.21. The molecule has 0 amide bonds. The molecule has 0 unspecified atom stereocenters. The summed E-state index contributed by atoms with van der Waals surface area (Å²) in [5, 5.41) is 0. The maximum absolute atomic E-state index is 14.7. The standard InChI is InChI=1S/C38H43NO7/c1-24-17-22-29(38(2,3)26-15-11-8-12-16-26)30(23-24)46-37(42)34-32(36(41)45-6)31(35(40)44-5)33(25-13-9-7-10-14-25)39(34)27-18-20-28(43-4)21-19-27/h7-16,18-21,24,29-30,33-34H,17,22-23H2,1-6H3/t24-,29-,30-,33+,34-/m1/s1. The first kappa shape index (κ1) is 32.8. The third-order valence-corrected chi connectivity index (χ3v) is 9.68. The van der Waals surface area contributed by atoms with Crippen LogP contribution in [0.25, 0.3) is 0 Å². The van der Waals surface area contributed by atoms with Crippen LogP contribution in [0.5, 0.6) is 5.75 Å². The molecule has 1 aliphatic heterocycles. The average molecular weight is 626 g/mol. The monoisotopic (exact) mass is 625 g/mol. The number of nitrogens with zero attached hydrogens (tertiary/aromatic N) is 1. The maximum atomic E-state index is 14.7. The third-order valence-electron chi connectivity index (χ3n) is 9.68. The number of benzene rings is 3. The summed E-state index contributed by atoms with van der Waals surface area (Å²) in [4.78, 5) is 43.7. The highest BCUT2D eigenvalue weighted by Gasteiger charge is 2.53. The zero-order valence-electron chi connectivity index (χ0n) is 27.4. The lowest BCUT2D eigenvalue weighted by molar-refractivity contribution is -0.158. The van der Waals surface area contributed by atoms with E-state index in [0.717, 1.165) is 12.8 Å². The summed E-state index contributed by atoms with van der Waals surface area (Å²) < 4.78 is 22.4. The molecule has 0 N–H and O–H groups in total. The van der Waals surface area contributed by atoms with E-state index in [1.54, 1.807) is 36.3 Å². The molecule has 5 atom stereocenters. The fraction of sp³-hybridized carbons (Fsp3) is 0.395. The predicted octanol–water partition coefficient (Wildman–Crippen LogP) is 6.59. The minimum atomic E-state index is -1.28. The van der Waals surface area contributed by atoms with Crippen LogP contribution in [0.3, 0.4) is 0 Å². The molecule has 2 aliphatic rings. The molecule has 5 rings (SSSR count). The topological polar surface area (TPSA) is 91.4 Å². The molecule has 8 nitrogen and oxygen atoms in total. The van der Waals surface area contributed by atoms with Crippen LogP contribution in [-0.4, -0.2) is 51.4 Å². The van der Waals surface area contributed by atoms with E-state index in [4.69, 9.17) is 18.9 Å². The van der Waals surface area contributed by atoms with Crippen molar-refractivity contribution in [1.82, 2.24) is 0 Å². The predicted molar refractivity (Wildman–Crippen MR) is 175 cm³/mol. The molecule has 1 saturated carbocycles. The van der Waals surface area contributed by atoms with Crippen LogP contribution in [0.1, 0.15) is 57.2 Å². The number of methoxy groups -OCH3 is 3. The molecule has 0 bridgehead atoms. The first-order valence-corrected chi connectivity index (χ1v) is 15.8. The Bertz CT molecular complexity index is 1570. The Balaban J connectivity index is 1.64. The molecule has 1 fully saturated rings. The Morgan fingerprint density at radius 3 is 1.93 bits per heavy atom. The second-order valence-corrected chi connectivity index (χ2v) is 12.7. The van der Waals surface area contributed by atoms with Crippen molar-refractivity contribution < 1.29 is 33.3 Å². The second kappa shape index (κ2) is 13.8. The van der Waals surface area contributed by atoms with Crippen molar-refractivity contribution in [2.24, 2.45) is 11.8 Å². The van der Waals surface area contributed by atoms with Crippen LogP contribution in [0.2, 0.25) is 0 Å². The number of rotatable bonds is 9. The highest BCUT2D eigenvalue weighted by atomic mass is 16.6. The summed E-state index contributed by atoms with van der Waals surface area (Å²) in [6.45, 7) is 6.57. The van der Waals surface area contributed by atoms with Gasteiger partial charge in [0.2, 0.25) is 0 Å². The number of carbonyl (C=O) groups is 3. The lowest BCUT2D eigenvalue weighted by atomic mass is 9.64. The van der Waals surface area contributed by atoms with E-state index < -0.39 is 36.1 Å². The molecular weight excluding hydrogens is 582 g/mol. The van der Waals surface area contributed by atoms with E-state index in [0.29, 0.717) is 29.3 Å². The SMILES string of the molecule is COC(=O)C1=C(C(=O)OC)[C@H](c2ccccc2)N(c2ccc(OC)cc2)[C@H]1C(=O)O[C@@H]1C[C@H](C)CC[C@H]1C(C)(C)c1ccccc1. The molecule has 242 valence electrons. The summed E-state index contributed by atoms with van der Waals surface area (Å²) in [6.07, 6.45) is 2.17. The minimum Gasteiger partial charge on any atom is -0.497 e. The number of carbonyl (C=O) groups excluding carboxylic acids is 3. The summed E-state index contributed by atoms with van der Waals surface area (Å²) >= 11 is 0. The highest BCUT2D eigenvalue weighted by Crippen LogP contribution is 2.48. The maximum Gasteiger partial charge on any atom is 0.337 e. The second-order valence-electron chi connectivity index (χ2n) is 12.7. The van der Waals surface area contributed by atoms with E-state index in [1.807, 2.05) is 48.5 Å². The average Bonchev–Trinajstić information content (AvgIpc) is 3.44. The van der Waals surface area contributed by atoms with Gasteiger partial charge in [-0.3, -0.25) is 0 Å². The first-order chi connectivity index (χ1) is 22.1. The van der Waals surface area contributed by atoms with E-state index in [1.165, 1.54) is 19.8 Å². The number of anilines is 1. The van der Waals surface area contributed by atoms with Crippen LogP contribution >= 0.6 is 0 Å². The molecule has 0 aromatic heterocycles. The van der Waals surface area contributed by atoms with E-state index in [-0.39, 0.29) is 22.5 Å². The molecule has 46 heavy (non-hydrogen) atoms. The molecule has 3 aromatic rings. The van der Waals surface area contributed by atoms with Gasteiger partial charge in [-0.1, -0.05) is 87.9 Å². The number of hydrogen-bond acceptors (Lipinski definition) is 8. The molecule has 3 aromatic carbocycles. The van der Waals surface area contributed by atoms with Crippen LogP contribution < -0.4 is 9.64 Å². The molecule has 1 aliphatic carbocycles. The Hall–Kier alpha value is -4.59. The van der Waals surface area contributed by atoms with Crippen LogP contribution in [0.4, 0.5) is 5.69 Å². The van der Waals surface area contributed by atoms with Crippen LogP contribution in [-0.2, 0) is 34.0 Å². The molecule has 8 heteroatoms. The van der Waals surface area contributed by atoms with Crippen molar-refractivity contribution in [3.63, 3.8) is 0 Å². The molecule has 0 radical (unpaired) electrons. The van der Waals surface area contributed by atoms with Crippen molar-refractivity contribution in [3.8, 4) is 5.75 Å². The van der Waals surface area contributed by atoms with Gasteiger partial charge in [0.25, 0.3) is 0 Å². The number of ether oxygens (including phenoxy) is 4. The Kier molecular flexibility index (Phi) is 9.85. The van der Waals surface area contributed by atoms with Gasteiger partial charge in [0, 0.05) is 11.6 Å². The largest absolute Gasteiger partial charge is 0.497 e. The summed E-state index contributed by atoms with van der Waals surface area (Å²) in [7, 11) is 4.07. The van der Waals surface area contributed by atoms with Crippen molar-refractivity contribution in [1.29, 1.82) is 0 Å². The van der Waals surface area contributed by atoms with Crippen molar-refractivity contribution in [2.45, 2.75) is 63.6 Å². The number of esters is 3. The Labute approximate surface area is 271 Å². The van der Waals surface area contributed by atoms with Crippen molar-refractivity contribution in [2.75, 3.05) is 26.2 Å². The fourth-order valence-electron chi connectivity index (χ4n) is 7.21. The lowest BCUT2D eigenvalue weighted by Crippen LogP contribution is -2.48. The van der Waals surface area contributed by atoms with Gasteiger partial charge in [0.15, 0.2) is 6.04 Å². The summed E-state index contributed by atoms with van der Waals surface area (Å²) in [5.41, 5.74) is 2.12. The summed E-state index contributed by atoms with van der Waals surface area (Å²) in [6, 6.07) is 24.6. The van der Waals surface area contributed by atoms with Gasteiger partial charge in [0.1, 0.15) is 11.9 Å². The van der Waals surface area contributed by atoms with E-state index in [2.05, 4.69) is 32.9 Å². The smallest absolute Gasteiger partial charge is 0.337 e. The minimum absolute atomic E-state index is 0.0291. The zero-order valence-corrected chi connectivity index (χ0v) is 27.4. The van der Waals surface area contributed by atoms with Gasteiger partial charge in [0.05, 0.1) is 38.5 Å². The Morgan fingerprint density at radius 1 is 0.761 bits per heavy atom. The van der Waals surface area contributed by atoms with Crippen molar-refractivity contribution >= 4 is 23.6 Å². The lowest BCUT2D eigenvalue weighted by Gasteiger charge is -2.44. The molecule has 1 heterocycles. The number of hydrogen-bond donors (Lipinski definition) is 0. The molecule has 0 saturated heterocycles. The van der Waals surface area contributed by atoms with Crippen molar-refractivity contribution in [3.05, 3.63) is 107 Å². The van der Waals surface area contributed by atoms with Crippen LogP contribution in [0.15, 0.2) is 96.1 Å². The van der Waals surface area contributed by atoms with E-state index >= 15 is 0 Å². The van der Waals surface area contributed by atoms with Gasteiger partial charge in [-0.25, -0.2) is 14.4 Å². The van der Waals surface area contributed by atoms with Gasteiger partial charge in [-0.05, 0) is 59.6 Å². The van der Waals surface area contributed by atoms with Gasteiger partial charge in [-0.2, -0.15) is 0 Å². The third kappa shape index (κ3) is 6.26. The molecular formula is C38H43NO7. The zero-order chi connectivity index (χ0) is 33.0. The quantitative estimate of drug-likeness (QED) is 0.194. The van der Waals surface area contributed by atoms with Gasteiger partial charge in [-0.15, -0.1) is 0 Å². The highest BCUT2D eigenvalue weighted by molar-refractivity contribution is 6.10.